The van der Waals surface area contributed by atoms with E-state index in [9.17, 15) is 4.79 Å². The van der Waals surface area contributed by atoms with Crippen molar-refractivity contribution in [1.29, 1.82) is 0 Å². The van der Waals surface area contributed by atoms with Crippen LogP contribution in [0.3, 0.4) is 0 Å². The molecule has 6 heteroatoms. The van der Waals surface area contributed by atoms with Gasteiger partial charge in [0.2, 0.25) is 5.95 Å². The van der Waals surface area contributed by atoms with Gasteiger partial charge in [-0.25, -0.2) is 9.97 Å². The number of carbonyl (C=O) groups excluding carboxylic acids is 1. The monoisotopic (exact) mass is 430 g/mol. The summed E-state index contributed by atoms with van der Waals surface area (Å²) in [6.07, 6.45) is 0.859. The fourth-order valence-corrected chi connectivity index (χ4v) is 3.59. The van der Waals surface area contributed by atoms with Crippen molar-refractivity contribution in [2.24, 2.45) is 0 Å². The highest BCUT2D eigenvalue weighted by Gasteiger charge is 2.24. The number of halogens is 1. The van der Waals surface area contributed by atoms with Crippen LogP contribution in [-0.4, -0.2) is 27.3 Å². The van der Waals surface area contributed by atoms with Crippen molar-refractivity contribution in [3.8, 4) is 0 Å². The van der Waals surface area contributed by atoms with E-state index in [0.29, 0.717) is 24.3 Å². The quantitative estimate of drug-likeness (QED) is 0.603. The standard InChI is InChI=1S/C18H15IN4O/c19-13-5-6-15-14(9-13)16(22-18(20)21-15)17(24)23-8-7-11-3-1-2-4-12(11)10-23/h1-6,9H,7-8,10H2,(H2,20,21,22). The summed E-state index contributed by atoms with van der Waals surface area (Å²) in [5.74, 6) is 0.0371. The Kier molecular flexibility index (Phi) is 3.84. The first-order valence-electron chi connectivity index (χ1n) is 7.70. The molecule has 120 valence electrons. The van der Waals surface area contributed by atoms with E-state index in [2.05, 4.69) is 44.7 Å². The first-order valence-corrected chi connectivity index (χ1v) is 8.78. The lowest BCUT2D eigenvalue weighted by Crippen LogP contribution is -2.36. The third-order valence-electron chi connectivity index (χ3n) is 4.30. The summed E-state index contributed by atoms with van der Waals surface area (Å²) in [6.45, 7) is 1.29. The lowest BCUT2D eigenvalue weighted by molar-refractivity contribution is 0.0731. The Morgan fingerprint density at radius 1 is 1.12 bits per heavy atom. The Labute approximate surface area is 153 Å². The Hall–Kier alpha value is -2.22. The second-order valence-corrected chi connectivity index (χ2v) is 7.08. The van der Waals surface area contributed by atoms with E-state index in [1.165, 1.54) is 11.1 Å². The van der Waals surface area contributed by atoms with E-state index >= 15 is 0 Å². The van der Waals surface area contributed by atoms with Crippen LogP contribution in [0.4, 0.5) is 5.95 Å². The van der Waals surface area contributed by atoms with Crippen molar-refractivity contribution in [1.82, 2.24) is 14.9 Å². The van der Waals surface area contributed by atoms with Gasteiger partial charge < -0.3 is 10.6 Å². The summed E-state index contributed by atoms with van der Waals surface area (Å²) in [5, 5.41) is 0.750. The zero-order chi connectivity index (χ0) is 16.7. The number of rotatable bonds is 1. The zero-order valence-electron chi connectivity index (χ0n) is 12.9. The van der Waals surface area contributed by atoms with E-state index in [4.69, 9.17) is 5.73 Å². The van der Waals surface area contributed by atoms with Crippen LogP contribution in [0.5, 0.6) is 0 Å². The number of fused-ring (bicyclic) bond motifs is 2. The number of anilines is 1. The summed E-state index contributed by atoms with van der Waals surface area (Å²) >= 11 is 2.22. The third-order valence-corrected chi connectivity index (χ3v) is 4.97. The molecule has 2 aromatic carbocycles. The van der Waals surface area contributed by atoms with Gasteiger partial charge in [0.1, 0.15) is 5.69 Å². The summed E-state index contributed by atoms with van der Waals surface area (Å²) in [7, 11) is 0. The first-order chi connectivity index (χ1) is 11.6. The summed E-state index contributed by atoms with van der Waals surface area (Å²) in [6, 6.07) is 14.0. The SMILES string of the molecule is Nc1nc(C(=O)N2CCc3ccccc3C2)c2cc(I)ccc2n1. The molecule has 0 fully saturated rings. The lowest BCUT2D eigenvalue weighted by Gasteiger charge is -2.28. The molecule has 1 aliphatic heterocycles. The highest BCUT2D eigenvalue weighted by Crippen LogP contribution is 2.24. The maximum atomic E-state index is 13.1. The van der Waals surface area contributed by atoms with Crippen LogP contribution in [-0.2, 0) is 13.0 Å². The molecule has 4 rings (SSSR count). The maximum absolute atomic E-state index is 13.1. The second kappa shape index (κ2) is 6.01. The molecule has 0 atom stereocenters. The van der Waals surface area contributed by atoms with E-state index in [0.717, 1.165) is 15.4 Å². The molecule has 0 bridgehead atoms. The van der Waals surface area contributed by atoms with Crippen molar-refractivity contribution in [2.45, 2.75) is 13.0 Å². The van der Waals surface area contributed by atoms with Gasteiger partial charge in [-0.05, 0) is 58.3 Å². The minimum absolute atomic E-state index is 0.0920. The normalized spacial score (nSPS) is 13.8. The van der Waals surface area contributed by atoms with Crippen LogP contribution in [0.1, 0.15) is 21.6 Å². The molecule has 3 aromatic rings. The van der Waals surface area contributed by atoms with Crippen LogP contribution in [0.25, 0.3) is 10.9 Å². The highest BCUT2D eigenvalue weighted by atomic mass is 127. The second-order valence-electron chi connectivity index (χ2n) is 5.84. The Bertz CT molecular complexity index is 957. The number of nitrogens with zero attached hydrogens (tertiary/aromatic N) is 3. The van der Waals surface area contributed by atoms with Gasteiger partial charge in [0.05, 0.1) is 5.52 Å². The van der Waals surface area contributed by atoms with Crippen molar-refractivity contribution in [3.05, 3.63) is 62.9 Å². The van der Waals surface area contributed by atoms with Crippen molar-refractivity contribution in [2.75, 3.05) is 12.3 Å². The largest absolute Gasteiger partial charge is 0.368 e. The third kappa shape index (κ3) is 2.71. The average molecular weight is 430 g/mol. The van der Waals surface area contributed by atoms with Gasteiger partial charge in [-0.2, -0.15) is 0 Å². The number of nitrogens with two attached hydrogens (primary N) is 1. The molecule has 1 amide bonds. The predicted octanol–water partition coefficient (Wildman–Crippen LogP) is 3.02. The van der Waals surface area contributed by atoms with E-state index in [1.54, 1.807) is 0 Å². The number of amides is 1. The van der Waals surface area contributed by atoms with Gasteiger partial charge in [-0.3, -0.25) is 4.79 Å². The molecule has 5 nitrogen and oxygen atoms in total. The van der Waals surface area contributed by atoms with Gasteiger partial charge in [-0.15, -0.1) is 0 Å². The lowest BCUT2D eigenvalue weighted by atomic mass is 9.99. The summed E-state index contributed by atoms with van der Waals surface area (Å²) in [4.78, 5) is 23.4. The predicted molar refractivity (Wildman–Crippen MR) is 102 cm³/mol. The number of hydrogen-bond acceptors (Lipinski definition) is 4. The van der Waals surface area contributed by atoms with Gasteiger partial charge >= 0.3 is 0 Å². The van der Waals surface area contributed by atoms with E-state index in [1.807, 2.05) is 35.2 Å². The first kappa shape index (κ1) is 15.3. The van der Waals surface area contributed by atoms with Crippen LogP contribution < -0.4 is 5.73 Å². The molecule has 2 heterocycles. The van der Waals surface area contributed by atoms with E-state index < -0.39 is 0 Å². The molecule has 1 aromatic heterocycles. The molecule has 0 radical (unpaired) electrons. The smallest absolute Gasteiger partial charge is 0.273 e. The molecule has 0 saturated carbocycles. The maximum Gasteiger partial charge on any atom is 0.273 e. The van der Waals surface area contributed by atoms with E-state index in [-0.39, 0.29) is 11.9 Å². The van der Waals surface area contributed by atoms with Crippen molar-refractivity contribution in [3.63, 3.8) is 0 Å². The molecule has 2 N–H and O–H groups in total. The molecular weight excluding hydrogens is 415 g/mol. The minimum Gasteiger partial charge on any atom is -0.368 e. The number of benzene rings is 2. The van der Waals surface area contributed by atoms with Gasteiger partial charge in [0, 0.05) is 22.0 Å². The number of nitrogen functional groups attached to an aromatic ring is 1. The molecule has 1 aliphatic rings. The minimum atomic E-state index is -0.0920. The van der Waals surface area contributed by atoms with Crippen molar-refractivity contribution >= 4 is 45.3 Å². The highest BCUT2D eigenvalue weighted by molar-refractivity contribution is 14.1. The number of carbonyl (C=O) groups is 1. The number of hydrogen-bond donors (Lipinski definition) is 1. The van der Waals surface area contributed by atoms with Crippen LogP contribution in [0.2, 0.25) is 0 Å². The molecular formula is C18H15IN4O. The Balaban J connectivity index is 1.75. The molecule has 0 saturated heterocycles. The average Bonchev–Trinajstić information content (AvgIpc) is 2.60. The zero-order valence-corrected chi connectivity index (χ0v) is 15.0. The van der Waals surface area contributed by atoms with Gasteiger partial charge in [0.25, 0.3) is 5.91 Å². The topological polar surface area (TPSA) is 72.1 Å². The van der Waals surface area contributed by atoms with Crippen LogP contribution in [0, 0.1) is 3.57 Å². The number of aromatic nitrogens is 2. The fraction of sp³-hybridized carbons (Fsp3) is 0.167. The van der Waals surface area contributed by atoms with Crippen molar-refractivity contribution < 1.29 is 4.79 Å². The Morgan fingerprint density at radius 3 is 2.75 bits per heavy atom. The summed E-state index contributed by atoms with van der Waals surface area (Å²) < 4.78 is 1.03. The fourth-order valence-electron chi connectivity index (χ4n) is 3.10. The molecule has 0 spiro atoms. The van der Waals surface area contributed by atoms with Gasteiger partial charge in [0.15, 0.2) is 0 Å². The Morgan fingerprint density at radius 2 is 1.92 bits per heavy atom. The van der Waals surface area contributed by atoms with Crippen LogP contribution >= 0.6 is 22.6 Å². The molecule has 24 heavy (non-hydrogen) atoms. The summed E-state index contributed by atoms with van der Waals surface area (Å²) in [5.41, 5.74) is 9.40. The molecule has 0 unspecified atom stereocenters. The molecule has 0 aliphatic carbocycles. The van der Waals surface area contributed by atoms with Crippen LogP contribution in [0.15, 0.2) is 42.5 Å². The van der Waals surface area contributed by atoms with Gasteiger partial charge in [-0.1, -0.05) is 24.3 Å².